The highest BCUT2D eigenvalue weighted by atomic mass is 31.2. The van der Waals surface area contributed by atoms with Gasteiger partial charge in [-0.2, -0.15) is 0 Å². The topological polar surface area (TPSA) is 108 Å². The SMILES string of the molecule is CC/C=C\C/C=C\C/C=C\C/C=C\C/C=C\C/C=C\C/C=C\C/C=C\C/C=C\CCCCCCCCCC(=O)NC(COP(=O)([O-])OCC[N+](C)(C)C)C(O)CCCCCCCCCCCCCCCCCC. The average molecular weight is 1040 g/mol. The van der Waals surface area contributed by atoms with Gasteiger partial charge in [0.1, 0.15) is 13.2 Å². The molecule has 2 N–H and O–H groups in total. The third kappa shape index (κ3) is 56.7. The molecule has 0 aliphatic heterocycles. The van der Waals surface area contributed by atoms with Gasteiger partial charge in [0.05, 0.1) is 39.9 Å². The Balaban J connectivity index is 4.18. The minimum Gasteiger partial charge on any atom is -0.756 e. The molecule has 0 saturated carbocycles. The largest absolute Gasteiger partial charge is 0.756 e. The fourth-order valence-corrected chi connectivity index (χ4v) is 8.87. The van der Waals surface area contributed by atoms with E-state index in [4.69, 9.17) is 9.05 Å². The molecule has 0 fully saturated rings. The number of nitrogens with zero attached hydrogens (tertiary/aromatic N) is 1. The second-order valence-electron chi connectivity index (χ2n) is 21.0. The lowest BCUT2D eigenvalue weighted by molar-refractivity contribution is -0.870. The van der Waals surface area contributed by atoms with Crippen LogP contribution in [0.15, 0.2) is 109 Å². The van der Waals surface area contributed by atoms with E-state index in [0.717, 1.165) is 109 Å². The summed E-state index contributed by atoms with van der Waals surface area (Å²) in [6, 6.07) is -0.814. The van der Waals surface area contributed by atoms with E-state index in [1.165, 1.54) is 103 Å². The van der Waals surface area contributed by atoms with E-state index in [1.807, 2.05) is 21.1 Å². The van der Waals surface area contributed by atoms with Crippen LogP contribution in [-0.4, -0.2) is 68.5 Å². The van der Waals surface area contributed by atoms with Crippen LogP contribution in [0.3, 0.4) is 0 Å². The lowest BCUT2D eigenvalue weighted by Crippen LogP contribution is -2.46. The Labute approximate surface area is 451 Å². The van der Waals surface area contributed by atoms with Crippen LogP contribution in [0.2, 0.25) is 0 Å². The summed E-state index contributed by atoms with van der Waals surface area (Å²) in [6.07, 6.45) is 78.3. The van der Waals surface area contributed by atoms with Crippen molar-refractivity contribution >= 4 is 13.7 Å². The highest BCUT2D eigenvalue weighted by Crippen LogP contribution is 2.38. The van der Waals surface area contributed by atoms with Gasteiger partial charge in [-0.25, -0.2) is 0 Å². The molecule has 0 spiro atoms. The molecule has 0 saturated heterocycles. The van der Waals surface area contributed by atoms with E-state index >= 15 is 0 Å². The number of phosphoric ester groups is 1. The van der Waals surface area contributed by atoms with Crippen LogP contribution < -0.4 is 10.2 Å². The van der Waals surface area contributed by atoms with E-state index in [2.05, 4.69) is 129 Å². The summed E-state index contributed by atoms with van der Waals surface area (Å²) in [4.78, 5) is 25.5. The summed E-state index contributed by atoms with van der Waals surface area (Å²) in [5.74, 6) is -0.179. The Bertz CT molecular complexity index is 1550. The Hall–Kier alpha value is -2.84. The molecule has 3 atom stereocenters. The van der Waals surface area contributed by atoms with Crippen LogP contribution in [0.25, 0.3) is 0 Å². The molecule has 0 aliphatic carbocycles. The van der Waals surface area contributed by atoms with Gasteiger partial charge >= 0.3 is 0 Å². The first-order valence-electron chi connectivity index (χ1n) is 29.7. The van der Waals surface area contributed by atoms with Gasteiger partial charge in [0, 0.05) is 6.42 Å². The van der Waals surface area contributed by atoms with Crippen molar-refractivity contribution in [3.63, 3.8) is 0 Å². The minimum absolute atomic E-state index is 0.00467. The first-order chi connectivity index (χ1) is 35.5. The predicted octanol–water partition coefficient (Wildman–Crippen LogP) is 17.7. The molecule has 0 aromatic carbocycles. The number of hydrogen-bond donors (Lipinski definition) is 2. The smallest absolute Gasteiger partial charge is 0.268 e. The molecular formula is C64H113N2O6P. The number of nitrogens with one attached hydrogen (secondary N) is 1. The van der Waals surface area contributed by atoms with E-state index in [-0.39, 0.29) is 19.1 Å². The first-order valence-corrected chi connectivity index (χ1v) is 31.2. The van der Waals surface area contributed by atoms with Crippen molar-refractivity contribution in [3.05, 3.63) is 109 Å². The average Bonchev–Trinajstić information content (AvgIpc) is 3.35. The van der Waals surface area contributed by atoms with Crippen molar-refractivity contribution in [2.75, 3.05) is 40.9 Å². The first kappa shape index (κ1) is 70.2. The minimum atomic E-state index is -4.58. The fraction of sp³-hybridized carbons (Fsp3) is 0.703. The summed E-state index contributed by atoms with van der Waals surface area (Å²) >= 11 is 0. The van der Waals surface area contributed by atoms with Crippen molar-refractivity contribution < 1.29 is 32.9 Å². The molecule has 0 rings (SSSR count). The van der Waals surface area contributed by atoms with E-state index < -0.39 is 20.0 Å². The summed E-state index contributed by atoms with van der Waals surface area (Å²) < 4.78 is 23.4. The van der Waals surface area contributed by atoms with Crippen LogP contribution >= 0.6 is 7.82 Å². The summed E-state index contributed by atoms with van der Waals surface area (Å²) in [6.45, 7) is 4.60. The van der Waals surface area contributed by atoms with E-state index in [9.17, 15) is 19.4 Å². The maximum absolute atomic E-state index is 13.0. The number of amides is 1. The Kier molecular flexibility index (Phi) is 51.9. The highest BCUT2D eigenvalue weighted by molar-refractivity contribution is 7.45. The molecule has 0 radical (unpaired) electrons. The van der Waals surface area contributed by atoms with Crippen LogP contribution in [-0.2, 0) is 18.4 Å². The zero-order valence-corrected chi connectivity index (χ0v) is 48.7. The molecule has 0 bridgehead atoms. The quantitative estimate of drug-likeness (QED) is 0.0272. The molecule has 1 amide bonds. The molecule has 0 aromatic heterocycles. The van der Waals surface area contributed by atoms with Crippen LogP contribution in [0.1, 0.15) is 239 Å². The van der Waals surface area contributed by atoms with Gasteiger partial charge in [-0.3, -0.25) is 9.36 Å². The zero-order valence-electron chi connectivity index (χ0n) is 47.8. The van der Waals surface area contributed by atoms with E-state index in [1.54, 1.807) is 0 Å². The molecule has 420 valence electrons. The Morgan fingerprint density at radius 2 is 0.836 bits per heavy atom. The number of allylic oxidation sites excluding steroid dienone is 18. The van der Waals surface area contributed by atoms with Crippen molar-refractivity contribution in [1.29, 1.82) is 0 Å². The monoisotopic (exact) mass is 1040 g/mol. The van der Waals surface area contributed by atoms with Crippen LogP contribution in [0.4, 0.5) is 0 Å². The molecule has 73 heavy (non-hydrogen) atoms. The molecule has 8 nitrogen and oxygen atoms in total. The summed E-state index contributed by atoms with van der Waals surface area (Å²) in [5.41, 5.74) is 0. The number of quaternary nitrogens is 1. The maximum atomic E-state index is 13.0. The number of aliphatic hydroxyl groups excluding tert-OH is 1. The van der Waals surface area contributed by atoms with Gasteiger partial charge < -0.3 is 28.8 Å². The molecule has 0 aromatic rings. The zero-order chi connectivity index (χ0) is 53.5. The normalized spacial score (nSPS) is 14.7. The predicted molar refractivity (Wildman–Crippen MR) is 316 cm³/mol. The second-order valence-corrected chi connectivity index (χ2v) is 22.4. The van der Waals surface area contributed by atoms with Crippen LogP contribution in [0, 0.1) is 0 Å². The Morgan fingerprint density at radius 1 is 0.493 bits per heavy atom. The third-order valence-corrected chi connectivity index (χ3v) is 13.7. The summed E-state index contributed by atoms with van der Waals surface area (Å²) in [5, 5.41) is 14.0. The van der Waals surface area contributed by atoms with Crippen molar-refractivity contribution in [2.45, 2.75) is 251 Å². The second kappa shape index (κ2) is 54.0. The molecule has 0 aliphatic rings. The van der Waals surface area contributed by atoms with Gasteiger partial charge in [0.2, 0.25) is 5.91 Å². The lowest BCUT2D eigenvalue weighted by Gasteiger charge is -2.30. The standard InChI is InChI=1S/C64H113N2O6P/c1-6-8-10-12-14-16-18-20-22-24-25-26-27-28-29-30-31-32-33-34-35-36-37-38-39-40-41-42-44-46-48-50-52-54-56-58-64(68)65-62(61-72-73(69,70)71-60-59-66(3,4)5)63(67)57-55-53-51-49-47-45-43-23-21-19-17-15-13-11-9-7-2/h8,10,14,16,20,22,25-26,28-29,31-32,34-35,37-38,40-41,62-63,67H,6-7,9,11-13,15,17-19,21,23-24,27,30,33,36,39,42-61H2,1-5H3,(H-,65,68,69,70)/b10-8-,16-14-,22-20-,26-25-,29-28-,32-31-,35-34-,38-37-,41-40-. The van der Waals surface area contributed by atoms with Gasteiger partial charge in [0.25, 0.3) is 7.82 Å². The molecule has 9 heteroatoms. The maximum Gasteiger partial charge on any atom is 0.268 e. The van der Waals surface area contributed by atoms with Gasteiger partial charge in [0.15, 0.2) is 0 Å². The number of carbonyl (C=O) groups is 1. The van der Waals surface area contributed by atoms with Gasteiger partial charge in [-0.05, 0) is 83.5 Å². The molecule has 3 unspecified atom stereocenters. The van der Waals surface area contributed by atoms with Crippen molar-refractivity contribution in [3.8, 4) is 0 Å². The number of hydrogen-bond acceptors (Lipinski definition) is 6. The van der Waals surface area contributed by atoms with Gasteiger partial charge in [-0.1, -0.05) is 258 Å². The number of unbranched alkanes of at least 4 members (excludes halogenated alkanes) is 22. The number of phosphoric acid groups is 1. The lowest BCUT2D eigenvalue weighted by atomic mass is 10.0. The number of carbonyl (C=O) groups excluding carboxylic acids is 1. The van der Waals surface area contributed by atoms with Crippen molar-refractivity contribution in [2.24, 2.45) is 0 Å². The summed E-state index contributed by atoms with van der Waals surface area (Å²) in [7, 11) is 1.28. The fourth-order valence-electron chi connectivity index (χ4n) is 8.15. The third-order valence-electron chi connectivity index (χ3n) is 12.8. The molecule has 0 heterocycles. The highest BCUT2D eigenvalue weighted by Gasteiger charge is 2.24. The number of likely N-dealkylation sites (N-methyl/N-ethyl adjacent to an activating group) is 1. The van der Waals surface area contributed by atoms with Crippen LogP contribution in [0.5, 0.6) is 0 Å². The molecular weight excluding hydrogens is 924 g/mol. The number of aliphatic hydroxyl groups is 1. The Morgan fingerprint density at radius 3 is 1.22 bits per heavy atom. The van der Waals surface area contributed by atoms with E-state index in [0.29, 0.717) is 23.9 Å². The number of rotatable bonds is 53. The van der Waals surface area contributed by atoms with Gasteiger partial charge in [-0.15, -0.1) is 0 Å². The van der Waals surface area contributed by atoms with Crippen molar-refractivity contribution in [1.82, 2.24) is 5.32 Å².